The molecule has 1 aliphatic rings. The van der Waals surface area contributed by atoms with Gasteiger partial charge in [0.15, 0.2) is 5.52 Å². The predicted molar refractivity (Wildman–Crippen MR) is 78.3 cm³/mol. The van der Waals surface area contributed by atoms with Gasteiger partial charge in [0.05, 0.1) is 15.1 Å². The summed E-state index contributed by atoms with van der Waals surface area (Å²) in [5.41, 5.74) is 1.86. The van der Waals surface area contributed by atoms with Crippen LogP contribution in [0.25, 0.3) is 10.2 Å². The smallest absolute Gasteiger partial charge is 0.319 e. The minimum atomic E-state index is -0.759. The van der Waals surface area contributed by atoms with E-state index in [1.54, 1.807) is 11.6 Å². The fourth-order valence-corrected chi connectivity index (χ4v) is 3.17. The maximum absolute atomic E-state index is 11.4. The quantitative estimate of drug-likeness (QED) is 0.694. The zero-order valence-electron chi connectivity index (χ0n) is 11.2. The van der Waals surface area contributed by atoms with Gasteiger partial charge in [-0.3, -0.25) is 10.1 Å². The lowest BCUT2D eigenvalue weighted by molar-refractivity contribution is -0.382. The minimum Gasteiger partial charge on any atom is -0.386 e. The normalized spacial score (nSPS) is 17.5. The third-order valence-electron chi connectivity index (χ3n) is 3.98. The van der Waals surface area contributed by atoms with Crippen LogP contribution < -0.4 is 4.90 Å². The molecular weight excluding hydrogens is 278 g/mol. The molecule has 7 heteroatoms. The number of nitrogens with zero attached hydrogens (tertiary/aromatic N) is 3. The van der Waals surface area contributed by atoms with Crippen molar-refractivity contribution >= 4 is 32.9 Å². The lowest BCUT2D eigenvalue weighted by Crippen LogP contribution is -2.64. The summed E-state index contributed by atoms with van der Waals surface area (Å²) < 4.78 is 0.806. The first-order valence-corrected chi connectivity index (χ1v) is 7.28. The average molecular weight is 293 g/mol. The molecule has 1 fully saturated rings. The number of benzene rings is 1. The molecule has 0 unspecified atom stereocenters. The first-order valence-electron chi connectivity index (χ1n) is 6.40. The molecule has 1 aromatic heterocycles. The van der Waals surface area contributed by atoms with E-state index in [0.717, 1.165) is 4.70 Å². The van der Waals surface area contributed by atoms with Gasteiger partial charge in [0.2, 0.25) is 0 Å². The first-order chi connectivity index (χ1) is 9.42. The van der Waals surface area contributed by atoms with Gasteiger partial charge in [-0.05, 0) is 18.1 Å². The predicted octanol–water partition coefficient (Wildman–Crippen LogP) is 2.41. The van der Waals surface area contributed by atoms with Crippen molar-refractivity contribution in [1.29, 1.82) is 0 Å². The lowest BCUT2D eigenvalue weighted by atomic mass is 9.82. The Morgan fingerprint density at radius 3 is 2.80 bits per heavy atom. The van der Waals surface area contributed by atoms with Crippen LogP contribution in [0.15, 0.2) is 17.6 Å². The van der Waals surface area contributed by atoms with Crippen LogP contribution in [0.2, 0.25) is 0 Å². The number of rotatable bonds is 3. The highest BCUT2D eigenvalue weighted by atomic mass is 32.1. The molecule has 2 aromatic rings. The van der Waals surface area contributed by atoms with Gasteiger partial charge in [0.25, 0.3) is 0 Å². The summed E-state index contributed by atoms with van der Waals surface area (Å²) in [5.74, 6) is 0.126. The second-order valence-electron chi connectivity index (χ2n) is 5.50. The number of hydrogen-bond acceptors (Lipinski definition) is 6. The topological polar surface area (TPSA) is 79.5 Å². The van der Waals surface area contributed by atoms with Crippen molar-refractivity contribution in [1.82, 2.24) is 4.98 Å². The van der Waals surface area contributed by atoms with E-state index in [-0.39, 0.29) is 16.5 Å². The summed E-state index contributed by atoms with van der Waals surface area (Å²) in [6, 6.07) is 3.60. The Bertz CT molecular complexity index is 677. The van der Waals surface area contributed by atoms with Crippen LogP contribution in [-0.2, 0) is 0 Å². The zero-order valence-corrected chi connectivity index (χ0v) is 12.1. The number of aromatic nitrogens is 1. The third-order valence-corrected chi connectivity index (χ3v) is 4.78. The van der Waals surface area contributed by atoms with Gasteiger partial charge in [-0.2, -0.15) is 0 Å². The monoisotopic (exact) mass is 293 g/mol. The Labute approximate surface area is 119 Å². The van der Waals surface area contributed by atoms with E-state index >= 15 is 0 Å². The van der Waals surface area contributed by atoms with Gasteiger partial charge >= 0.3 is 5.69 Å². The lowest BCUT2D eigenvalue weighted by Gasteiger charge is -2.49. The van der Waals surface area contributed by atoms with E-state index in [1.807, 2.05) is 24.8 Å². The van der Waals surface area contributed by atoms with E-state index in [4.69, 9.17) is 0 Å². The van der Waals surface area contributed by atoms with Crippen LogP contribution in [0.5, 0.6) is 0 Å². The molecule has 0 aliphatic carbocycles. The van der Waals surface area contributed by atoms with Crippen LogP contribution >= 0.6 is 11.3 Å². The van der Waals surface area contributed by atoms with E-state index < -0.39 is 5.60 Å². The second kappa shape index (κ2) is 4.39. The fourth-order valence-electron chi connectivity index (χ4n) is 2.49. The molecular formula is C13H15N3O3S. The summed E-state index contributed by atoms with van der Waals surface area (Å²) in [5, 5.41) is 21.7. The molecule has 0 radical (unpaired) electrons. The number of hydrogen-bond donors (Lipinski definition) is 1. The third kappa shape index (κ3) is 1.85. The number of nitro benzene ring substituents is 1. The number of thiazole rings is 1. The van der Waals surface area contributed by atoms with Crippen molar-refractivity contribution in [3.8, 4) is 0 Å². The van der Waals surface area contributed by atoms with Crippen molar-refractivity contribution in [3.63, 3.8) is 0 Å². The molecule has 0 amide bonds. The van der Waals surface area contributed by atoms with Crippen LogP contribution in [0.1, 0.15) is 13.8 Å². The van der Waals surface area contributed by atoms with Gasteiger partial charge in [0, 0.05) is 13.1 Å². The molecule has 6 nitrogen and oxygen atoms in total. The highest BCUT2D eigenvalue weighted by Crippen LogP contribution is 2.41. The number of anilines is 1. The standard InChI is InChI=1S/C13H15N3O3S/c1-8(2)13(17)5-15(6-13)9-3-4-10-11(14-7-20-10)12(9)16(18)19/h3-4,7-8,17H,5-6H2,1-2H3. The maximum Gasteiger partial charge on any atom is 0.319 e. The molecule has 1 N–H and O–H groups in total. The van der Waals surface area contributed by atoms with Crippen LogP contribution in [0, 0.1) is 16.0 Å². The summed E-state index contributed by atoms with van der Waals surface area (Å²) in [7, 11) is 0. The summed E-state index contributed by atoms with van der Waals surface area (Å²) in [6.07, 6.45) is 0. The number of β-amino-alcohol motifs (C(OH)–C–C–N with tert-alkyl or cyclic N) is 1. The molecule has 1 aliphatic heterocycles. The number of fused-ring (bicyclic) bond motifs is 1. The van der Waals surface area contributed by atoms with E-state index in [9.17, 15) is 15.2 Å². The first kappa shape index (κ1) is 13.3. The fraction of sp³-hybridized carbons (Fsp3) is 0.462. The van der Waals surface area contributed by atoms with Crippen molar-refractivity contribution in [2.24, 2.45) is 5.92 Å². The molecule has 0 spiro atoms. The maximum atomic E-state index is 11.4. The van der Waals surface area contributed by atoms with Crippen molar-refractivity contribution < 1.29 is 10.0 Å². The Morgan fingerprint density at radius 2 is 2.20 bits per heavy atom. The van der Waals surface area contributed by atoms with Gasteiger partial charge in [-0.15, -0.1) is 11.3 Å². The Kier molecular flexibility index (Phi) is 2.91. The van der Waals surface area contributed by atoms with Crippen molar-refractivity contribution in [2.45, 2.75) is 19.4 Å². The Morgan fingerprint density at radius 1 is 1.50 bits per heavy atom. The van der Waals surface area contributed by atoms with Crippen LogP contribution in [0.4, 0.5) is 11.4 Å². The summed E-state index contributed by atoms with van der Waals surface area (Å²) in [6.45, 7) is 4.74. The second-order valence-corrected chi connectivity index (χ2v) is 6.39. The Hall–Kier alpha value is -1.73. The number of aliphatic hydroxyl groups is 1. The molecule has 0 atom stereocenters. The van der Waals surface area contributed by atoms with Crippen molar-refractivity contribution in [2.75, 3.05) is 18.0 Å². The molecule has 1 aromatic carbocycles. The molecule has 2 heterocycles. The van der Waals surface area contributed by atoms with Gasteiger partial charge in [-0.25, -0.2) is 4.98 Å². The van der Waals surface area contributed by atoms with E-state index in [2.05, 4.69) is 4.98 Å². The summed E-state index contributed by atoms with van der Waals surface area (Å²) >= 11 is 1.39. The summed E-state index contributed by atoms with van der Waals surface area (Å²) in [4.78, 5) is 16.9. The minimum absolute atomic E-state index is 0.0366. The van der Waals surface area contributed by atoms with Crippen molar-refractivity contribution in [3.05, 3.63) is 27.8 Å². The number of nitro groups is 1. The largest absolute Gasteiger partial charge is 0.386 e. The average Bonchev–Trinajstić information content (AvgIpc) is 2.81. The zero-order chi connectivity index (χ0) is 14.5. The SMILES string of the molecule is CC(C)C1(O)CN(c2ccc3scnc3c2[N+](=O)[O-])C1. The molecule has 20 heavy (non-hydrogen) atoms. The molecule has 1 saturated heterocycles. The van der Waals surface area contributed by atoms with Crippen LogP contribution in [-0.4, -0.2) is 33.7 Å². The van der Waals surface area contributed by atoms with E-state index in [1.165, 1.54) is 11.3 Å². The Balaban J connectivity index is 2.01. The van der Waals surface area contributed by atoms with Crippen LogP contribution in [0.3, 0.4) is 0 Å². The molecule has 3 rings (SSSR count). The highest BCUT2D eigenvalue weighted by Gasteiger charge is 2.45. The molecule has 106 valence electrons. The molecule has 0 bridgehead atoms. The molecule has 0 saturated carbocycles. The van der Waals surface area contributed by atoms with Gasteiger partial charge in [0.1, 0.15) is 11.3 Å². The highest BCUT2D eigenvalue weighted by molar-refractivity contribution is 7.16. The van der Waals surface area contributed by atoms with Gasteiger partial charge < -0.3 is 10.0 Å². The van der Waals surface area contributed by atoms with E-state index in [0.29, 0.717) is 24.3 Å². The van der Waals surface area contributed by atoms with Gasteiger partial charge in [-0.1, -0.05) is 13.8 Å².